The van der Waals surface area contributed by atoms with Gasteiger partial charge in [-0.3, -0.25) is 0 Å². The van der Waals surface area contributed by atoms with Crippen molar-refractivity contribution in [2.75, 3.05) is 0 Å². The zero-order valence-electron chi connectivity index (χ0n) is 19.6. The maximum Gasteiger partial charge on any atom is 0.118 e. The van der Waals surface area contributed by atoms with Crippen molar-refractivity contribution in [2.45, 2.75) is 102 Å². The molecule has 0 radical (unpaired) electrons. The summed E-state index contributed by atoms with van der Waals surface area (Å²) >= 11 is 2.28. The second-order valence-electron chi connectivity index (χ2n) is 10.9. The molecule has 3 rings (SSSR count). The monoisotopic (exact) mass is 418 g/mol. The molecule has 158 valence electrons. The van der Waals surface area contributed by atoms with E-state index in [4.69, 9.17) is 0 Å². The average molecular weight is 419 g/mol. The van der Waals surface area contributed by atoms with Crippen molar-refractivity contribution in [1.29, 1.82) is 0 Å². The van der Waals surface area contributed by atoms with Crippen LogP contribution in [-0.2, 0) is 5.41 Å². The highest BCUT2D eigenvalue weighted by Crippen LogP contribution is 2.62. The van der Waals surface area contributed by atoms with Crippen molar-refractivity contribution in [3.63, 3.8) is 0 Å². The third-order valence-electron chi connectivity index (χ3n) is 8.34. The number of hydrogen-bond donors (Lipinski definition) is 1. The molecule has 1 saturated carbocycles. The molecule has 0 amide bonds. The predicted octanol–water partition coefficient (Wildman–Crippen LogP) is 6.86. The number of aryl methyl sites for hydroxylation is 1. The Bertz CT molecular complexity index is 718. The normalized spacial score (nSPS) is 33.3. The highest BCUT2D eigenvalue weighted by atomic mass is 32.2. The van der Waals surface area contributed by atoms with E-state index in [-0.39, 0.29) is 5.41 Å². The fourth-order valence-corrected chi connectivity index (χ4v) is 15.4. The number of benzene rings is 1. The number of phenols is 1. The molecule has 1 aromatic carbocycles. The van der Waals surface area contributed by atoms with Crippen molar-refractivity contribution < 1.29 is 5.11 Å². The van der Waals surface area contributed by atoms with Gasteiger partial charge in [0.25, 0.3) is 0 Å². The van der Waals surface area contributed by atoms with Gasteiger partial charge in [0.2, 0.25) is 0 Å². The molecule has 28 heavy (non-hydrogen) atoms. The van der Waals surface area contributed by atoms with Crippen molar-refractivity contribution in [2.24, 2.45) is 17.8 Å². The Labute approximate surface area is 179 Å². The molecule has 0 spiro atoms. The van der Waals surface area contributed by atoms with Crippen LogP contribution in [0.4, 0.5) is 0 Å². The second kappa shape index (κ2) is 7.69. The van der Waals surface area contributed by atoms with Crippen molar-refractivity contribution >= 4 is 25.0 Å². The Hall–Kier alpha value is -0.413. The first-order chi connectivity index (χ1) is 13.0. The molecule has 6 atom stereocenters. The van der Waals surface area contributed by atoms with Crippen LogP contribution in [-0.4, -0.2) is 23.7 Å². The van der Waals surface area contributed by atoms with E-state index in [0.29, 0.717) is 5.75 Å². The molecule has 3 heteroatoms. The zero-order valence-corrected chi connectivity index (χ0v) is 21.4. The summed E-state index contributed by atoms with van der Waals surface area (Å²) in [5.74, 6) is 3.08. The third-order valence-corrected chi connectivity index (χ3v) is 16.3. The lowest BCUT2D eigenvalue weighted by Crippen LogP contribution is -2.54. The van der Waals surface area contributed by atoms with Gasteiger partial charge in [0, 0.05) is 10.5 Å². The summed E-state index contributed by atoms with van der Waals surface area (Å²) < 4.78 is 0. The topological polar surface area (TPSA) is 20.2 Å². The van der Waals surface area contributed by atoms with E-state index in [1.165, 1.54) is 29.3 Å². The Balaban J connectivity index is 2.20. The van der Waals surface area contributed by atoms with E-state index in [1.54, 1.807) is 0 Å². The lowest BCUT2D eigenvalue weighted by molar-refractivity contribution is 0.349. The molecule has 1 heterocycles. The van der Waals surface area contributed by atoms with Gasteiger partial charge in [-0.1, -0.05) is 85.2 Å². The number of thioether (sulfide) groups is 1. The van der Waals surface area contributed by atoms with Crippen LogP contribution in [0.25, 0.3) is 0 Å². The predicted molar refractivity (Wildman–Crippen MR) is 129 cm³/mol. The zero-order chi connectivity index (χ0) is 21.0. The molecule has 2 aliphatic rings. The molecule has 1 N–H and O–H groups in total. The largest absolute Gasteiger partial charge is 0.508 e. The van der Waals surface area contributed by atoms with E-state index in [2.05, 4.69) is 86.2 Å². The summed E-state index contributed by atoms with van der Waals surface area (Å²) in [6.07, 6.45) is 1.39. The van der Waals surface area contributed by atoms with Crippen LogP contribution in [0.5, 0.6) is 5.75 Å². The fraction of sp³-hybridized carbons (Fsp3) is 0.760. The van der Waals surface area contributed by atoms with Gasteiger partial charge in [-0.05, 0) is 52.8 Å². The summed E-state index contributed by atoms with van der Waals surface area (Å²) in [7, 11) is -1.86. The third kappa shape index (κ3) is 3.39. The lowest BCUT2D eigenvalue weighted by Gasteiger charge is -2.43. The van der Waals surface area contributed by atoms with Crippen molar-refractivity contribution in [1.82, 2.24) is 0 Å². The molecule has 1 nitrogen and oxygen atoms in total. The van der Waals surface area contributed by atoms with E-state index in [0.717, 1.165) is 39.4 Å². The van der Waals surface area contributed by atoms with Crippen LogP contribution in [0.3, 0.4) is 0 Å². The summed E-state index contributed by atoms with van der Waals surface area (Å²) in [6, 6.07) is 7.07. The number of phenolic OH excluding ortho intramolecular Hbond substituents is 1. The lowest BCUT2D eigenvalue weighted by atomic mass is 9.85. The minimum Gasteiger partial charge on any atom is -0.508 e. The summed E-state index contributed by atoms with van der Waals surface area (Å²) in [4.78, 5) is 0. The summed E-state index contributed by atoms with van der Waals surface area (Å²) in [5, 5.41) is 14.5. The Morgan fingerprint density at radius 1 is 1.07 bits per heavy atom. The Morgan fingerprint density at radius 2 is 1.68 bits per heavy atom. The van der Waals surface area contributed by atoms with Crippen LogP contribution in [0.1, 0.15) is 72.9 Å². The fourth-order valence-electron chi connectivity index (χ4n) is 6.65. The first-order valence-electron chi connectivity index (χ1n) is 11.5. The summed E-state index contributed by atoms with van der Waals surface area (Å²) in [5.41, 5.74) is 3.21. The van der Waals surface area contributed by atoms with Crippen LogP contribution in [0, 0.1) is 24.7 Å². The first kappa shape index (κ1) is 22.3. The van der Waals surface area contributed by atoms with Gasteiger partial charge in [-0.15, -0.1) is 0 Å². The van der Waals surface area contributed by atoms with Gasteiger partial charge in [0.1, 0.15) is 5.75 Å². The highest BCUT2D eigenvalue weighted by Gasteiger charge is 2.58. The quantitative estimate of drug-likeness (QED) is 0.539. The molecule has 1 aliphatic heterocycles. The Morgan fingerprint density at radius 3 is 2.21 bits per heavy atom. The minimum atomic E-state index is -1.86. The van der Waals surface area contributed by atoms with Gasteiger partial charge < -0.3 is 5.11 Å². The molecule has 0 bridgehead atoms. The molecule has 0 aromatic heterocycles. The molecule has 1 aromatic rings. The molecule has 1 aliphatic carbocycles. The standard InChI is InChI=1S/C25H42OSSi/c1-10-28(11-2,21-13-15(3)12-20(22(21)26)25(7,8)9)24-18(6)17(5)19-14-16(4)27-23(19)24/h12-13,16-19,23-24,26H,10-11,14H2,1-9H3. The minimum absolute atomic E-state index is 0.0276. The molecule has 6 unspecified atom stereocenters. The smallest absolute Gasteiger partial charge is 0.118 e. The average Bonchev–Trinajstić information content (AvgIpc) is 3.09. The van der Waals surface area contributed by atoms with Crippen molar-refractivity contribution in [3.8, 4) is 5.75 Å². The Kier molecular flexibility index (Phi) is 6.12. The van der Waals surface area contributed by atoms with Crippen LogP contribution < -0.4 is 5.19 Å². The maximum atomic E-state index is 11.6. The molecular weight excluding hydrogens is 376 g/mol. The highest BCUT2D eigenvalue weighted by molar-refractivity contribution is 8.00. The van der Waals surface area contributed by atoms with E-state index in [1.807, 2.05) is 0 Å². The summed E-state index contributed by atoms with van der Waals surface area (Å²) in [6.45, 7) is 21.2. The van der Waals surface area contributed by atoms with Gasteiger partial charge in [0.15, 0.2) is 0 Å². The van der Waals surface area contributed by atoms with Crippen LogP contribution in [0.2, 0.25) is 17.6 Å². The number of aromatic hydroxyl groups is 1. The molecule has 1 saturated heterocycles. The second-order valence-corrected chi connectivity index (χ2v) is 17.4. The number of rotatable bonds is 4. The van der Waals surface area contributed by atoms with E-state index >= 15 is 0 Å². The number of fused-ring (bicyclic) bond motifs is 1. The van der Waals surface area contributed by atoms with Crippen LogP contribution >= 0.6 is 11.8 Å². The van der Waals surface area contributed by atoms with Crippen molar-refractivity contribution in [3.05, 3.63) is 23.3 Å². The van der Waals surface area contributed by atoms with E-state index in [9.17, 15) is 5.11 Å². The van der Waals surface area contributed by atoms with Gasteiger partial charge >= 0.3 is 0 Å². The van der Waals surface area contributed by atoms with Gasteiger partial charge in [-0.25, -0.2) is 0 Å². The van der Waals surface area contributed by atoms with Gasteiger partial charge in [-0.2, -0.15) is 11.8 Å². The van der Waals surface area contributed by atoms with Crippen LogP contribution in [0.15, 0.2) is 12.1 Å². The number of hydrogen-bond acceptors (Lipinski definition) is 2. The van der Waals surface area contributed by atoms with E-state index < -0.39 is 8.07 Å². The maximum absolute atomic E-state index is 11.6. The SMILES string of the molecule is CC[Si](CC)(c1cc(C)cc(C(C)(C)C)c1O)C1C(C)C(C)C2CC(C)SC21. The molecular formula is C25H42OSSi. The van der Waals surface area contributed by atoms with Gasteiger partial charge in [0.05, 0.1) is 8.07 Å². The first-order valence-corrected chi connectivity index (χ1v) is 14.9. The molecule has 2 fully saturated rings.